The lowest BCUT2D eigenvalue weighted by molar-refractivity contribution is -0.136. The first-order chi connectivity index (χ1) is 25.2. The van der Waals surface area contributed by atoms with Crippen LogP contribution in [0.3, 0.4) is 0 Å². The molecule has 3 amide bonds. The number of H-pyrrole nitrogens is 1. The fourth-order valence-corrected chi connectivity index (χ4v) is 8.62. The van der Waals surface area contributed by atoms with Crippen molar-refractivity contribution in [3.8, 4) is 0 Å². The molecule has 2 aromatic carbocycles. The Morgan fingerprint density at radius 1 is 0.808 bits per heavy atom. The van der Waals surface area contributed by atoms with Crippen molar-refractivity contribution in [3.63, 3.8) is 0 Å². The molecule has 4 aliphatic rings. The van der Waals surface area contributed by atoms with Gasteiger partial charge in [-0.15, -0.1) is 0 Å². The van der Waals surface area contributed by atoms with Gasteiger partial charge in [0.15, 0.2) is 0 Å². The van der Waals surface area contributed by atoms with Gasteiger partial charge in [0.2, 0.25) is 11.8 Å². The number of carbonyl (C=O) groups excluding carboxylic acids is 3. The summed E-state index contributed by atoms with van der Waals surface area (Å²) in [6, 6.07) is 11.8. The Bertz CT molecular complexity index is 1810. The Hall–Kier alpha value is -4.20. The fourth-order valence-electron chi connectivity index (χ4n) is 8.62. The highest BCUT2D eigenvalue weighted by Gasteiger charge is 2.34. The summed E-state index contributed by atoms with van der Waals surface area (Å²) in [4.78, 5) is 62.2. The minimum Gasteiger partial charge on any atom is -0.339 e. The Labute approximate surface area is 304 Å². The number of aromatic nitrogens is 2. The van der Waals surface area contributed by atoms with Crippen LogP contribution in [-0.2, 0) is 16.0 Å². The molecule has 0 spiro atoms. The van der Waals surface area contributed by atoms with E-state index in [0.29, 0.717) is 73.1 Å². The Morgan fingerprint density at radius 3 is 2.17 bits per heavy atom. The van der Waals surface area contributed by atoms with E-state index in [2.05, 4.69) is 20.0 Å². The number of benzene rings is 2. The molecule has 4 fully saturated rings. The molecule has 3 N–H and O–H groups in total. The summed E-state index contributed by atoms with van der Waals surface area (Å²) in [6.45, 7) is 6.73. The van der Waals surface area contributed by atoms with Crippen molar-refractivity contribution in [2.45, 2.75) is 63.5 Å². The first-order valence-electron chi connectivity index (χ1n) is 19.1. The zero-order chi connectivity index (χ0) is 36.2. The highest BCUT2D eigenvalue weighted by Crippen LogP contribution is 2.27. The summed E-state index contributed by atoms with van der Waals surface area (Å²) >= 11 is 0. The highest BCUT2D eigenvalue weighted by molar-refractivity contribution is 5.95. The van der Waals surface area contributed by atoms with Gasteiger partial charge in [0.05, 0.1) is 29.2 Å². The van der Waals surface area contributed by atoms with Gasteiger partial charge in [0.25, 0.3) is 11.5 Å². The number of nitrogens with zero attached hydrogens (tertiary/aromatic N) is 6. The van der Waals surface area contributed by atoms with Crippen LogP contribution < -0.4 is 11.3 Å². The topological polar surface area (TPSA) is 139 Å². The molecule has 1 atom stereocenters. The van der Waals surface area contributed by atoms with Crippen LogP contribution in [-0.4, -0.2) is 136 Å². The van der Waals surface area contributed by atoms with E-state index >= 15 is 0 Å². The second kappa shape index (κ2) is 16.2. The minimum atomic E-state index is -0.593. The maximum Gasteiger partial charge on any atom is 0.272 e. The van der Waals surface area contributed by atoms with Crippen molar-refractivity contribution < 1.29 is 18.8 Å². The molecule has 0 unspecified atom stereocenters. The van der Waals surface area contributed by atoms with E-state index < -0.39 is 11.7 Å². The molecule has 13 heteroatoms. The summed E-state index contributed by atoms with van der Waals surface area (Å²) in [6.07, 6.45) is 8.05. The van der Waals surface area contributed by atoms with Crippen LogP contribution in [0.15, 0.2) is 47.3 Å². The summed E-state index contributed by atoms with van der Waals surface area (Å²) in [5.74, 6) is -0.487. The van der Waals surface area contributed by atoms with Crippen LogP contribution >= 0.6 is 0 Å². The minimum absolute atomic E-state index is 0.00934. The van der Waals surface area contributed by atoms with Gasteiger partial charge < -0.3 is 20.4 Å². The van der Waals surface area contributed by atoms with E-state index in [4.69, 9.17) is 5.73 Å². The number of piperazine rings is 2. The average molecular weight is 715 g/mol. The molecule has 0 bridgehead atoms. The number of halogens is 1. The molecule has 52 heavy (non-hydrogen) atoms. The first-order valence-corrected chi connectivity index (χ1v) is 19.1. The van der Waals surface area contributed by atoms with Crippen LogP contribution in [0.1, 0.15) is 66.6 Å². The number of rotatable bonds is 8. The Morgan fingerprint density at radius 2 is 1.46 bits per heavy atom. The normalized spacial score (nSPS) is 20.7. The smallest absolute Gasteiger partial charge is 0.272 e. The lowest BCUT2D eigenvalue weighted by Gasteiger charge is -2.43. The third kappa shape index (κ3) is 8.06. The SMILES string of the molecule is N[C@@H](C(=O)N1CCN(C2CCN(CC(=O)N3CCN(C(=O)c4cc(Cc5n[nH]c(=O)c6ccccc56)ccc4F)CC3)CC2)CC1)C1CCCCC1. The monoisotopic (exact) mass is 714 g/mol. The van der Waals surface area contributed by atoms with Gasteiger partial charge in [-0.1, -0.05) is 43.5 Å². The molecule has 278 valence electrons. The van der Waals surface area contributed by atoms with Gasteiger partial charge in [0.1, 0.15) is 5.82 Å². The second-order valence-corrected chi connectivity index (χ2v) is 15.0. The zero-order valence-corrected chi connectivity index (χ0v) is 30.0. The molecule has 12 nitrogen and oxygen atoms in total. The Balaban J connectivity index is 0.848. The molecular weight excluding hydrogens is 663 g/mol. The van der Waals surface area contributed by atoms with Crippen LogP contribution in [0, 0.1) is 11.7 Å². The van der Waals surface area contributed by atoms with Crippen LogP contribution in [0.25, 0.3) is 10.8 Å². The lowest BCUT2D eigenvalue weighted by Crippen LogP contribution is -2.58. The molecule has 3 aromatic rings. The maximum atomic E-state index is 15.0. The molecule has 1 saturated carbocycles. The lowest BCUT2D eigenvalue weighted by atomic mass is 9.83. The van der Waals surface area contributed by atoms with Crippen molar-refractivity contribution in [1.29, 1.82) is 0 Å². The number of nitrogens with two attached hydrogens (primary N) is 1. The van der Waals surface area contributed by atoms with Gasteiger partial charge in [-0.3, -0.25) is 29.0 Å². The summed E-state index contributed by atoms with van der Waals surface area (Å²) in [7, 11) is 0. The fraction of sp³-hybridized carbons (Fsp3) is 0.564. The van der Waals surface area contributed by atoms with Crippen molar-refractivity contribution >= 4 is 28.5 Å². The van der Waals surface area contributed by atoms with Crippen LogP contribution in [0.4, 0.5) is 4.39 Å². The predicted octanol–water partition coefficient (Wildman–Crippen LogP) is 2.45. The molecule has 3 saturated heterocycles. The van der Waals surface area contributed by atoms with Gasteiger partial charge in [-0.05, 0) is 55.4 Å². The van der Waals surface area contributed by atoms with Crippen molar-refractivity contribution in [3.05, 3.63) is 75.5 Å². The standard InChI is InChI=1S/C39H51FN8O4/c40-33-11-10-27(25-34-30-8-4-5-9-31(30)37(50)43-42-34)24-32(33)38(51)47-22-18-46(19-23-47)35(49)26-44-14-12-29(13-15-44)45-16-20-48(21-17-45)39(52)36(41)28-6-2-1-3-7-28/h4-5,8-11,24,28-29,36H,1-3,6-7,12-23,25-26,41H2,(H,43,50)/t36-/m1/s1. The third-order valence-electron chi connectivity index (χ3n) is 11.8. The molecule has 1 aliphatic carbocycles. The quantitative estimate of drug-likeness (QED) is 0.363. The molecule has 1 aromatic heterocycles. The molecule has 4 heterocycles. The average Bonchev–Trinajstić information content (AvgIpc) is 3.19. The number of hydrogen-bond donors (Lipinski definition) is 2. The number of likely N-dealkylation sites (tertiary alicyclic amines) is 1. The van der Waals surface area contributed by atoms with Crippen molar-refractivity contribution in [2.24, 2.45) is 11.7 Å². The first kappa shape index (κ1) is 36.2. The van der Waals surface area contributed by atoms with Crippen LogP contribution in [0.2, 0.25) is 0 Å². The maximum absolute atomic E-state index is 15.0. The summed E-state index contributed by atoms with van der Waals surface area (Å²) in [5.41, 5.74) is 7.48. The molecule has 3 aliphatic heterocycles. The Kier molecular flexibility index (Phi) is 11.3. The van der Waals surface area contributed by atoms with Gasteiger partial charge in [0, 0.05) is 83.3 Å². The van der Waals surface area contributed by atoms with E-state index in [0.717, 1.165) is 65.0 Å². The van der Waals surface area contributed by atoms with Crippen LogP contribution in [0.5, 0.6) is 0 Å². The highest BCUT2D eigenvalue weighted by atomic mass is 19.1. The van der Waals surface area contributed by atoms with E-state index in [1.807, 2.05) is 21.9 Å². The number of nitrogens with one attached hydrogen (secondary N) is 1. The number of carbonyl (C=O) groups is 3. The zero-order valence-electron chi connectivity index (χ0n) is 30.0. The summed E-state index contributed by atoms with van der Waals surface area (Å²) < 4.78 is 15.0. The molecule has 7 rings (SSSR count). The van der Waals surface area contributed by atoms with Gasteiger partial charge >= 0.3 is 0 Å². The van der Waals surface area contributed by atoms with E-state index in [-0.39, 0.29) is 29.0 Å². The van der Waals surface area contributed by atoms with Crippen molar-refractivity contribution in [1.82, 2.24) is 34.7 Å². The van der Waals surface area contributed by atoms with E-state index in [9.17, 15) is 23.6 Å². The summed E-state index contributed by atoms with van der Waals surface area (Å²) in [5, 5.41) is 7.99. The van der Waals surface area contributed by atoms with Gasteiger partial charge in [-0.2, -0.15) is 5.10 Å². The number of amides is 3. The van der Waals surface area contributed by atoms with Crippen molar-refractivity contribution in [2.75, 3.05) is 72.0 Å². The largest absolute Gasteiger partial charge is 0.339 e. The molecular formula is C39H51FN8O4. The third-order valence-corrected chi connectivity index (χ3v) is 11.8. The number of hydrogen-bond acceptors (Lipinski definition) is 8. The van der Waals surface area contributed by atoms with E-state index in [1.165, 1.54) is 25.3 Å². The molecule has 0 radical (unpaired) electrons. The number of fused-ring (bicyclic) bond motifs is 1. The second-order valence-electron chi connectivity index (χ2n) is 15.0. The number of piperidine rings is 1. The number of aromatic amines is 1. The van der Waals surface area contributed by atoms with Gasteiger partial charge in [-0.25, -0.2) is 9.49 Å². The predicted molar refractivity (Wildman–Crippen MR) is 196 cm³/mol. The van der Waals surface area contributed by atoms with E-state index in [1.54, 1.807) is 29.2 Å².